The topological polar surface area (TPSA) is 84.6 Å². The van der Waals surface area contributed by atoms with Gasteiger partial charge in [-0.3, -0.25) is 0 Å². The van der Waals surface area contributed by atoms with E-state index < -0.39 is 5.60 Å². The zero-order valence-corrected chi connectivity index (χ0v) is 17.9. The molecule has 1 aromatic heterocycles. The number of hydrogen-bond donors (Lipinski definition) is 1. The highest BCUT2D eigenvalue weighted by Crippen LogP contribution is 2.28. The summed E-state index contributed by atoms with van der Waals surface area (Å²) in [7, 11) is 0. The summed E-state index contributed by atoms with van der Waals surface area (Å²) in [5, 5.41) is 7.92. The van der Waals surface area contributed by atoms with E-state index in [0.29, 0.717) is 24.1 Å². The lowest BCUT2D eigenvalue weighted by atomic mass is 10.0. The lowest BCUT2D eigenvalue weighted by molar-refractivity contribution is 0.00736. The Kier molecular flexibility index (Phi) is 6.47. The quantitative estimate of drug-likeness (QED) is 0.784. The van der Waals surface area contributed by atoms with Crippen LogP contribution in [0.3, 0.4) is 0 Å². The van der Waals surface area contributed by atoms with E-state index in [0.717, 1.165) is 42.7 Å². The Morgan fingerprint density at radius 2 is 1.83 bits per heavy atom. The molecule has 2 heterocycles. The minimum atomic E-state index is -0.425. The molecule has 0 aliphatic carbocycles. The minimum absolute atomic E-state index is 0.226. The van der Waals surface area contributed by atoms with E-state index in [1.807, 2.05) is 38.1 Å². The van der Waals surface area contributed by atoms with E-state index in [2.05, 4.69) is 22.0 Å². The first-order valence-electron chi connectivity index (χ1n) is 9.91. The molecule has 0 unspecified atom stereocenters. The van der Waals surface area contributed by atoms with E-state index in [4.69, 9.17) is 22.1 Å². The normalized spacial score (nSPS) is 14.8. The molecule has 0 radical (unpaired) electrons. The van der Waals surface area contributed by atoms with Gasteiger partial charge >= 0.3 is 6.09 Å². The zero-order chi connectivity index (χ0) is 21.0. The Morgan fingerprint density at radius 3 is 2.45 bits per heavy atom. The van der Waals surface area contributed by atoms with Crippen molar-refractivity contribution in [3.63, 3.8) is 0 Å². The number of carbonyl (C=O) groups excluding carboxylic acids is 1. The van der Waals surface area contributed by atoms with Crippen LogP contribution in [-0.2, 0) is 4.74 Å². The molecule has 0 bridgehead atoms. The van der Waals surface area contributed by atoms with Gasteiger partial charge in [0.1, 0.15) is 5.60 Å². The molecule has 1 aliphatic rings. The molecule has 8 heteroatoms. The van der Waals surface area contributed by atoms with Crippen LogP contribution < -0.4 is 10.6 Å². The highest BCUT2D eigenvalue weighted by molar-refractivity contribution is 6.29. The molecule has 0 spiro atoms. The second-order valence-electron chi connectivity index (χ2n) is 7.86. The number of aromatic nitrogens is 2. The number of halogens is 1. The largest absolute Gasteiger partial charge is 0.443 e. The average Bonchev–Trinajstić information content (AvgIpc) is 2.69. The van der Waals surface area contributed by atoms with Gasteiger partial charge in [0.25, 0.3) is 0 Å². The third-order valence-corrected chi connectivity index (χ3v) is 5.27. The van der Waals surface area contributed by atoms with Crippen molar-refractivity contribution >= 4 is 29.2 Å². The van der Waals surface area contributed by atoms with Gasteiger partial charge in [0, 0.05) is 37.4 Å². The summed E-state index contributed by atoms with van der Waals surface area (Å²) in [5.74, 6) is 0.347. The summed E-state index contributed by atoms with van der Waals surface area (Å²) in [6, 6.07) is 9.78. The number of ether oxygens (including phenoxy) is 1. The maximum atomic E-state index is 12.4. The number of carbonyl (C=O) groups is 1. The molecule has 7 nitrogen and oxygen atoms in total. The van der Waals surface area contributed by atoms with Crippen LogP contribution >= 0.6 is 11.6 Å². The monoisotopic (exact) mass is 417 g/mol. The summed E-state index contributed by atoms with van der Waals surface area (Å²) in [6.07, 6.45) is 1.61. The summed E-state index contributed by atoms with van der Waals surface area (Å²) in [6.45, 7) is 8.81. The minimum Gasteiger partial charge on any atom is -0.443 e. The van der Waals surface area contributed by atoms with Crippen LogP contribution in [0, 0.1) is 0 Å². The van der Waals surface area contributed by atoms with Crippen LogP contribution in [0.2, 0.25) is 5.15 Å². The number of amides is 1. The van der Waals surface area contributed by atoms with Crippen molar-refractivity contribution in [3.8, 4) is 11.1 Å². The van der Waals surface area contributed by atoms with Crippen LogP contribution in [0.4, 0.5) is 16.3 Å². The van der Waals surface area contributed by atoms with E-state index in [9.17, 15) is 4.79 Å². The zero-order valence-electron chi connectivity index (χ0n) is 17.2. The van der Waals surface area contributed by atoms with Crippen LogP contribution in [0.1, 0.15) is 33.6 Å². The van der Waals surface area contributed by atoms with E-state index >= 15 is 0 Å². The highest BCUT2D eigenvalue weighted by Gasteiger charge is 2.28. The number of rotatable bonds is 5. The number of nitrogens with two attached hydrogens (primary N) is 1. The molecule has 0 saturated carbocycles. The second kappa shape index (κ2) is 8.86. The third kappa shape index (κ3) is 5.29. The summed E-state index contributed by atoms with van der Waals surface area (Å²) >= 11 is 5.94. The molecule has 29 heavy (non-hydrogen) atoms. The molecule has 2 N–H and O–H groups in total. The van der Waals surface area contributed by atoms with Gasteiger partial charge in [-0.15, -0.1) is 10.2 Å². The number of nitrogen functional groups attached to an aromatic ring is 1. The molecular weight excluding hydrogens is 390 g/mol. The van der Waals surface area contributed by atoms with E-state index in [1.165, 1.54) is 0 Å². The Balaban J connectivity index is 1.60. The Hall–Kier alpha value is -2.54. The molecule has 3 rings (SSSR count). The molecule has 156 valence electrons. The van der Waals surface area contributed by atoms with Crippen LogP contribution in [0.25, 0.3) is 11.1 Å². The second-order valence-corrected chi connectivity index (χ2v) is 8.25. The van der Waals surface area contributed by atoms with Gasteiger partial charge in [-0.2, -0.15) is 0 Å². The molecular formula is C21H28ClN5O2. The fourth-order valence-corrected chi connectivity index (χ4v) is 3.71. The van der Waals surface area contributed by atoms with Crippen molar-refractivity contribution in [2.75, 3.05) is 36.8 Å². The maximum absolute atomic E-state index is 12.4. The summed E-state index contributed by atoms with van der Waals surface area (Å²) in [5.41, 5.74) is 8.28. The first-order valence-corrected chi connectivity index (χ1v) is 10.3. The Bertz CT molecular complexity index is 849. The molecule has 1 amide bonds. The summed E-state index contributed by atoms with van der Waals surface area (Å²) < 4.78 is 5.68. The van der Waals surface area contributed by atoms with Gasteiger partial charge in [-0.1, -0.05) is 37.1 Å². The number of nitrogens with zero attached hydrogens (tertiary/aromatic N) is 4. The standard InChI is InChI=1S/C21H28ClN5O2/c1-4-9-21(2,3)29-20(28)27-12-10-26(11-13-27)16-7-5-15(6-8-16)17-14-18(22)24-25-19(17)23/h5-8,14H,4,9-13H2,1-3H3,(H2,23,25). The van der Waals surface area contributed by atoms with Crippen molar-refractivity contribution in [2.45, 2.75) is 39.2 Å². The van der Waals surface area contributed by atoms with Gasteiger partial charge in [0.05, 0.1) is 0 Å². The molecule has 0 atom stereocenters. The average molecular weight is 418 g/mol. The van der Waals surface area contributed by atoms with Crippen molar-refractivity contribution in [3.05, 3.63) is 35.5 Å². The van der Waals surface area contributed by atoms with E-state index in [1.54, 1.807) is 11.0 Å². The molecule has 2 aromatic rings. The number of hydrogen-bond acceptors (Lipinski definition) is 6. The van der Waals surface area contributed by atoms with Crippen LogP contribution in [-0.4, -0.2) is 53.0 Å². The van der Waals surface area contributed by atoms with E-state index in [-0.39, 0.29) is 6.09 Å². The van der Waals surface area contributed by atoms with Gasteiger partial charge in [0.15, 0.2) is 11.0 Å². The van der Waals surface area contributed by atoms with Crippen molar-refractivity contribution in [2.24, 2.45) is 0 Å². The molecule has 1 aromatic carbocycles. The SMILES string of the molecule is CCCC(C)(C)OC(=O)N1CCN(c2ccc(-c3cc(Cl)nnc3N)cc2)CC1. The fourth-order valence-electron chi connectivity index (χ4n) is 3.56. The smallest absolute Gasteiger partial charge is 0.410 e. The number of piperazine rings is 1. The Labute approximate surface area is 176 Å². The maximum Gasteiger partial charge on any atom is 0.410 e. The van der Waals surface area contributed by atoms with Gasteiger partial charge in [-0.05, 0) is 44.0 Å². The van der Waals surface area contributed by atoms with Crippen molar-refractivity contribution in [1.29, 1.82) is 0 Å². The molecule has 1 aliphatic heterocycles. The van der Waals surface area contributed by atoms with Gasteiger partial charge < -0.3 is 20.3 Å². The lowest BCUT2D eigenvalue weighted by Crippen LogP contribution is -2.50. The predicted molar refractivity (Wildman–Crippen MR) is 116 cm³/mol. The molecule has 1 saturated heterocycles. The van der Waals surface area contributed by atoms with Crippen molar-refractivity contribution < 1.29 is 9.53 Å². The lowest BCUT2D eigenvalue weighted by Gasteiger charge is -2.37. The number of anilines is 2. The summed E-state index contributed by atoms with van der Waals surface area (Å²) in [4.78, 5) is 16.5. The predicted octanol–water partition coefficient (Wildman–Crippen LogP) is 4.22. The Morgan fingerprint density at radius 1 is 1.17 bits per heavy atom. The molecule has 1 fully saturated rings. The fraction of sp³-hybridized carbons (Fsp3) is 0.476. The highest BCUT2D eigenvalue weighted by atomic mass is 35.5. The van der Waals surface area contributed by atoms with Crippen molar-refractivity contribution in [1.82, 2.24) is 15.1 Å². The third-order valence-electron chi connectivity index (χ3n) is 5.09. The first kappa shape index (κ1) is 21.2. The number of benzene rings is 1. The van der Waals surface area contributed by atoms with Crippen LogP contribution in [0.5, 0.6) is 0 Å². The van der Waals surface area contributed by atoms with Crippen LogP contribution in [0.15, 0.2) is 30.3 Å². The van der Waals surface area contributed by atoms with Gasteiger partial charge in [0.2, 0.25) is 0 Å². The first-order chi connectivity index (χ1) is 13.8. The van der Waals surface area contributed by atoms with Gasteiger partial charge in [-0.25, -0.2) is 4.79 Å².